The summed E-state index contributed by atoms with van der Waals surface area (Å²) in [7, 11) is 4.58. The Bertz CT molecular complexity index is 1750. The minimum Gasteiger partial charge on any atom is -0.480 e. The average Bonchev–Trinajstić information content (AvgIpc) is 3.28. The van der Waals surface area contributed by atoms with Gasteiger partial charge in [0.2, 0.25) is 5.79 Å². The molecule has 4 N–H and O–H groups in total. The number of carboxylic acid groups (broad SMARTS) is 1. The summed E-state index contributed by atoms with van der Waals surface area (Å²) in [4.78, 5) is 66.1. The van der Waals surface area contributed by atoms with Crippen LogP contribution >= 0.6 is 0 Å². The van der Waals surface area contributed by atoms with Gasteiger partial charge in [-0.25, -0.2) is 4.79 Å². The van der Waals surface area contributed by atoms with Crippen molar-refractivity contribution in [3.8, 4) is 0 Å². The summed E-state index contributed by atoms with van der Waals surface area (Å²) in [6.45, 7) is 13.0. The number of ether oxygens (including phenoxy) is 4. The number of aliphatic carboxylic acids is 1. The van der Waals surface area contributed by atoms with Crippen LogP contribution < -0.4 is 0 Å². The molecule has 3 aliphatic rings. The number of likely N-dealkylation sites (tertiary alicyclic amines) is 1. The van der Waals surface area contributed by atoms with Gasteiger partial charge in [0.25, 0.3) is 11.7 Å². The zero-order chi connectivity index (χ0) is 48.6. The monoisotopic (exact) mass is 914 g/mol. The Labute approximate surface area is 387 Å². The molecule has 3 fully saturated rings. The van der Waals surface area contributed by atoms with Crippen LogP contribution in [0.25, 0.3) is 0 Å². The highest BCUT2D eigenvalue weighted by Crippen LogP contribution is 2.37. The van der Waals surface area contributed by atoms with Crippen LogP contribution in [-0.2, 0) is 42.9 Å². The zero-order valence-corrected chi connectivity index (χ0v) is 40.5. The van der Waals surface area contributed by atoms with E-state index in [1.165, 1.54) is 7.11 Å². The molecule has 0 spiro atoms. The minimum atomic E-state index is -2.38. The second-order valence-electron chi connectivity index (χ2n) is 19.0. The molecule has 14 atom stereocenters. The van der Waals surface area contributed by atoms with Gasteiger partial charge in [0.15, 0.2) is 11.6 Å². The maximum atomic E-state index is 13.5. The summed E-state index contributed by atoms with van der Waals surface area (Å²) in [5, 5.41) is 42.4. The molecule has 2 heterocycles. The van der Waals surface area contributed by atoms with Crippen LogP contribution in [0.1, 0.15) is 119 Å². The van der Waals surface area contributed by atoms with E-state index in [9.17, 15) is 44.4 Å². The van der Waals surface area contributed by atoms with Crippen molar-refractivity contribution in [2.24, 2.45) is 35.5 Å². The highest BCUT2D eigenvalue weighted by Gasteiger charge is 2.52. The minimum absolute atomic E-state index is 0.0173. The maximum Gasteiger partial charge on any atom is 0.326 e. The van der Waals surface area contributed by atoms with Gasteiger partial charge in [0, 0.05) is 52.0 Å². The van der Waals surface area contributed by atoms with Crippen LogP contribution in [-0.4, -0.2) is 131 Å². The lowest BCUT2D eigenvalue weighted by molar-refractivity contribution is -0.265. The number of ketones is 3. The van der Waals surface area contributed by atoms with E-state index in [4.69, 9.17) is 18.9 Å². The van der Waals surface area contributed by atoms with E-state index >= 15 is 0 Å². The molecule has 1 unspecified atom stereocenters. The SMILES string of the molecule is COC(C[C@H]1CC[C@@H](C)[C@](O)(C(=O)C(=O)N2CCCC[C@@H]2C(=O)O)O1)/C(C)=C/C=C/C=C/[C@@H](C)C[C@@H](C)C(=O)[C@@H](OC)[C@H](O)/C(C)=C/[C@@H](C)C(=O)/C=C/[C@H](C)C[C@@H]1CC[C@@H](O)[C@@H](OC)C1. The lowest BCUT2D eigenvalue weighted by Gasteiger charge is -2.42. The van der Waals surface area contributed by atoms with Gasteiger partial charge in [0.1, 0.15) is 18.2 Å². The number of hydrogen-bond acceptors (Lipinski definition) is 12. The topological polar surface area (TPSA) is 206 Å². The maximum absolute atomic E-state index is 13.5. The van der Waals surface area contributed by atoms with Gasteiger partial charge in [-0.15, -0.1) is 0 Å². The smallest absolute Gasteiger partial charge is 0.326 e. The molecule has 0 bridgehead atoms. The quantitative estimate of drug-likeness (QED) is 0.0353. The van der Waals surface area contributed by atoms with Crippen molar-refractivity contribution >= 4 is 29.2 Å². The van der Waals surface area contributed by atoms with Crippen LogP contribution in [0.5, 0.6) is 0 Å². The first-order valence-corrected chi connectivity index (χ1v) is 23.6. The highest BCUT2D eigenvalue weighted by molar-refractivity contribution is 6.39. The Morgan fingerprint density at radius 3 is 2.22 bits per heavy atom. The first kappa shape index (κ1) is 55.7. The summed E-state index contributed by atoms with van der Waals surface area (Å²) in [6.07, 6.45) is 17.4. The molecule has 14 nitrogen and oxygen atoms in total. The summed E-state index contributed by atoms with van der Waals surface area (Å²) >= 11 is 0. The van der Waals surface area contributed by atoms with Crippen molar-refractivity contribution in [2.45, 2.75) is 168 Å². The van der Waals surface area contributed by atoms with Crippen molar-refractivity contribution in [3.05, 3.63) is 59.8 Å². The number of allylic oxidation sites excluding steroid dienone is 8. The molecule has 2 saturated heterocycles. The predicted molar refractivity (Wildman–Crippen MR) is 247 cm³/mol. The molecular weight excluding hydrogens is 835 g/mol. The van der Waals surface area contributed by atoms with Gasteiger partial charge in [-0.3, -0.25) is 19.2 Å². The van der Waals surface area contributed by atoms with Crippen molar-refractivity contribution in [2.75, 3.05) is 27.9 Å². The Morgan fingerprint density at radius 1 is 0.862 bits per heavy atom. The molecule has 3 rings (SSSR count). The molecule has 0 aromatic heterocycles. The van der Waals surface area contributed by atoms with E-state index in [0.717, 1.165) is 29.7 Å². The summed E-state index contributed by atoms with van der Waals surface area (Å²) in [5.41, 5.74) is 1.35. The molecule has 14 heteroatoms. The van der Waals surface area contributed by atoms with E-state index in [-0.39, 0.29) is 42.5 Å². The number of aliphatic hydroxyl groups is 3. The predicted octanol–water partition coefficient (Wildman–Crippen LogP) is 6.51. The summed E-state index contributed by atoms with van der Waals surface area (Å²) < 4.78 is 22.7. The largest absolute Gasteiger partial charge is 0.480 e. The Morgan fingerprint density at radius 2 is 1.57 bits per heavy atom. The number of hydrogen-bond donors (Lipinski definition) is 4. The van der Waals surface area contributed by atoms with Gasteiger partial charge in [-0.2, -0.15) is 0 Å². The number of piperidine rings is 1. The molecule has 1 saturated carbocycles. The van der Waals surface area contributed by atoms with E-state index in [0.29, 0.717) is 56.4 Å². The number of carbonyl (C=O) groups is 5. The first-order chi connectivity index (χ1) is 30.7. The zero-order valence-electron chi connectivity index (χ0n) is 40.5. The van der Waals surface area contributed by atoms with Gasteiger partial charge < -0.3 is 44.3 Å². The lowest BCUT2D eigenvalue weighted by atomic mass is 9.80. The number of nitrogens with zero attached hydrogens (tertiary/aromatic N) is 1. The third-order valence-corrected chi connectivity index (χ3v) is 13.7. The molecular formula is C51H79NO13. The van der Waals surface area contributed by atoms with Gasteiger partial charge >= 0.3 is 5.97 Å². The fourth-order valence-corrected chi connectivity index (χ4v) is 9.48. The Balaban J connectivity index is 1.51. The number of rotatable bonds is 24. The molecule has 1 amide bonds. The third kappa shape index (κ3) is 16.0. The lowest BCUT2D eigenvalue weighted by Crippen LogP contribution is -2.60. The van der Waals surface area contributed by atoms with Gasteiger partial charge in [0.05, 0.1) is 24.4 Å². The first-order valence-electron chi connectivity index (χ1n) is 23.6. The van der Waals surface area contributed by atoms with E-state index in [2.05, 4.69) is 6.92 Å². The standard InChI is InChI=1S/C51H79NO13/c1-31(26-35(5)45(55)47(64-10)46(56)36(6)28-34(4)41(53)23-19-32(2)27-38-21-24-42(54)44(29-38)63-9)16-12-11-13-17-33(3)43(62-8)30-39-22-20-37(7)51(61,65-39)48(57)49(58)52-25-15-14-18-40(52)50(59)60/h11-13,16-17,19,23,28,31-32,34-35,37-40,42-44,46-47,54,56,61H,14-15,18,20-22,24-27,29-30H2,1-10H3,(H,59,60)/b13-11+,16-12+,23-19+,33-17+,36-28+/t31-,32+,34-,35-,37-,38+,39-,40-,42-,43?,44+,46-,47-,51-/m1/s1. The number of carbonyl (C=O) groups excluding carboxylic acids is 4. The number of aliphatic hydroxyl groups excluding tert-OH is 2. The number of Topliss-reactive ketones (excluding diaryl/α,β-unsaturated/α-hetero) is 2. The van der Waals surface area contributed by atoms with Crippen molar-refractivity contribution < 1.29 is 63.3 Å². The molecule has 1 aliphatic carbocycles. The molecule has 65 heavy (non-hydrogen) atoms. The summed E-state index contributed by atoms with van der Waals surface area (Å²) in [5.74, 6) is -7.06. The summed E-state index contributed by atoms with van der Waals surface area (Å²) in [6, 6.07) is -1.12. The van der Waals surface area contributed by atoms with E-state index < -0.39 is 77.8 Å². The van der Waals surface area contributed by atoms with Crippen molar-refractivity contribution in [1.82, 2.24) is 4.90 Å². The average molecular weight is 914 g/mol. The second-order valence-corrected chi connectivity index (χ2v) is 19.0. The van der Waals surface area contributed by atoms with Crippen molar-refractivity contribution in [3.63, 3.8) is 0 Å². The van der Waals surface area contributed by atoms with Crippen LogP contribution in [0.2, 0.25) is 0 Å². The van der Waals surface area contributed by atoms with Gasteiger partial charge in [-0.1, -0.05) is 77.2 Å². The van der Waals surface area contributed by atoms with Crippen LogP contribution in [0, 0.1) is 35.5 Å². The molecule has 0 aromatic rings. The third-order valence-electron chi connectivity index (χ3n) is 13.7. The molecule has 366 valence electrons. The van der Waals surface area contributed by atoms with Crippen LogP contribution in [0.4, 0.5) is 0 Å². The highest BCUT2D eigenvalue weighted by atomic mass is 16.6. The second kappa shape index (κ2) is 26.6. The fourth-order valence-electron chi connectivity index (χ4n) is 9.48. The van der Waals surface area contributed by atoms with E-state index in [1.54, 1.807) is 47.1 Å². The Hall–Kier alpha value is -3.63. The van der Waals surface area contributed by atoms with E-state index in [1.807, 2.05) is 57.2 Å². The fraction of sp³-hybridized carbons (Fsp3) is 0.706. The normalized spacial score (nSPS) is 29.3. The van der Waals surface area contributed by atoms with Crippen LogP contribution in [0.3, 0.4) is 0 Å². The molecule has 0 radical (unpaired) electrons. The number of carboxylic acids is 1. The number of amides is 1. The molecule has 0 aromatic carbocycles. The van der Waals surface area contributed by atoms with Crippen LogP contribution in [0.15, 0.2) is 59.8 Å². The number of methoxy groups -OCH3 is 3. The van der Waals surface area contributed by atoms with Gasteiger partial charge in [-0.05, 0) is 113 Å². The molecule has 2 aliphatic heterocycles. The van der Waals surface area contributed by atoms with Crippen molar-refractivity contribution in [1.29, 1.82) is 0 Å². The Kier molecular flexibility index (Phi) is 22.8.